The Kier molecular flexibility index (Phi) is 4.72. The van der Waals surface area contributed by atoms with Crippen LogP contribution in [0.5, 0.6) is 0 Å². The fourth-order valence-corrected chi connectivity index (χ4v) is 1.71. The first-order chi connectivity index (χ1) is 8.31. The van der Waals surface area contributed by atoms with Gasteiger partial charge in [-0.15, -0.1) is 0 Å². The van der Waals surface area contributed by atoms with E-state index in [4.69, 9.17) is 5.26 Å². The smallest absolute Gasteiger partial charge is 0.141 e. The average molecular weight is 248 g/mol. The highest BCUT2D eigenvalue weighted by molar-refractivity contribution is 5.50. The summed E-state index contributed by atoms with van der Waals surface area (Å²) in [5.74, 6) is -0.467. The number of benzene rings is 1. The van der Waals surface area contributed by atoms with Gasteiger partial charge in [-0.2, -0.15) is 5.26 Å². The minimum atomic E-state index is -0.467. The molecule has 0 amide bonds. The molecule has 0 aliphatic carbocycles. The van der Waals surface area contributed by atoms with Gasteiger partial charge in [0.15, 0.2) is 0 Å². The highest BCUT2D eigenvalue weighted by Crippen LogP contribution is 2.23. The van der Waals surface area contributed by atoms with E-state index in [0.717, 1.165) is 18.5 Å². The van der Waals surface area contributed by atoms with Gasteiger partial charge in [-0.05, 0) is 43.4 Å². The first-order valence-corrected chi connectivity index (χ1v) is 6.28. The van der Waals surface area contributed by atoms with E-state index in [2.05, 4.69) is 33.0 Å². The Bertz CT molecular complexity index is 441. The number of nitrogens with zero attached hydrogens (tertiary/aromatic N) is 1. The van der Waals surface area contributed by atoms with Gasteiger partial charge in [-0.3, -0.25) is 0 Å². The van der Waals surface area contributed by atoms with Crippen LogP contribution in [0.1, 0.15) is 46.1 Å². The number of rotatable bonds is 4. The van der Waals surface area contributed by atoms with Crippen LogP contribution in [0.15, 0.2) is 18.2 Å². The minimum Gasteiger partial charge on any atom is -0.383 e. The number of nitriles is 1. The van der Waals surface area contributed by atoms with Crippen molar-refractivity contribution in [2.45, 2.75) is 46.6 Å². The van der Waals surface area contributed by atoms with Crippen molar-refractivity contribution >= 4 is 5.69 Å². The Labute approximate surface area is 109 Å². The zero-order valence-electron chi connectivity index (χ0n) is 11.5. The second-order valence-electron chi connectivity index (χ2n) is 5.95. The van der Waals surface area contributed by atoms with E-state index >= 15 is 0 Å². The van der Waals surface area contributed by atoms with Crippen molar-refractivity contribution in [2.75, 3.05) is 5.32 Å². The normalized spacial score (nSPS) is 12.9. The molecule has 0 fully saturated rings. The minimum absolute atomic E-state index is 0.0861. The third-order valence-electron chi connectivity index (χ3n) is 2.83. The Morgan fingerprint density at radius 3 is 2.61 bits per heavy atom. The van der Waals surface area contributed by atoms with E-state index in [0.29, 0.717) is 11.5 Å². The molecular weight excluding hydrogens is 227 g/mol. The first kappa shape index (κ1) is 14.5. The molecule has 1 rings (SSSR count). The molecular formula is C15H21FN2. The van der Waals surface area contributed by atoms with Crippen LogP contribution in [0.4, 0.5) is 10.1 Å². The highest BCUT2D eigenvalue weighted by atomic mass is 19.1. The summed E-state index contributed by atoms with van der Waals surface area (Å²) in [6.45, 7) is 8.74. The maximum atomic E-state index is 13.2. The maximum Gasteiger partial charge on any atom is 0.141 e. The number of nitrogens with one attached hydrogen (secondary N) is 1. The topological polar surface area (TPSA) is 35.8 Å². The van der Waals surface area contributed by atoms with Gasteiger partial charge in [0.1, 0.15) is 11.9 Å². The summed E-state index contributed by atoms with van der Waals surface area (Å²) in [6.07, 6.45) is 2.16. The second-order valence-corrected chi connectivity index (χ2v) is 5.95. The van der Waals surface area contributed by atoms with Crippen LogP contribution in [-0.2, 0) is 0 Å². The van der Waals surface area contributed by atoms with Gasteiger partial charge < -0.3 is 5.32 Å². The van der Waals surface area contributed by atoms with Crippen molar-refractivity contribution < 1.29 is 4.39 Å². The van der Waals surface area contributed by atoms with Gasteiger partial charge in [0.05, 0.1) is 5.56 Å². The molecule has 0 saturated heterocycles. The molecule has 0 aliphatic rings. The summed E-state index contributed by atoms with van der Waals surface area (Å²) in [5.41, 5.74) is 1.20. The number of anilines is 1. The average Bonchev–Trinajstić information content (AvgIpc) is 2.28. The van der Waals surface area contributed by atoms with E-state index in [-0.39, 0.29) is 5.56 Å². The molecule has 0 heterocycles. The monoisotopic (exact) mass is 248 g/mol. The molecule has 2 nitrogen and oxygen atoms in total. The van der Waals surface area contributed by atoms with Crippen molar-refractivity contribution in [1.82, 2.24) is 0 Å². The summed E-state index contributed by atoms with van der Waals surface area (Å²) < 4.78 is 13.2. The van der Waals surface area contributed by atoms with E-state index in [9.17, 15) is 4.39 Å². The summed E-state index contributed by atoms with van der Waals surface area (Å²) >= 11 is 0. The lowest BCUT2D eigenvalue weighted by Gasteiger charge is -2.22. The molecule has 1 unspecified atom stereocenters. The van der Waals surface area contributed by atoms with Gasteiger partial charge in [0, 0.05) is 11.7 Å². The SMILES string of the molecule is CC(CCC(C)(C)C)Nc1ccc(F)c(C#N)c1. The fraction of sp³-hybridized carbons (Fsp3) is 0.533. The largest absolute Gasteiger partial charge is 0.383 e. The predicted octanol–water partition coefficient (Wildman–Crippen LogP) is 4.32. The lowest BCUT2D eigenvalue weighted by atomic mass is 9.89. The second kappa shape index (κ2) is 5.86. The Balaban J connectivity index is 2.60. The molecule has 1 N–H and O–H groups in total. The van der Waals surface area contributed by atoms with Crippen LogP contribution in [-0.4, -0.2) is 6.04 Å². The van der Waals surface area contributed by atoms with Gasteiger partial charge in [0.2, 0.25) is 0 Å². The third-order valence-corrected chi connectivity index (χ3v) is 2.83. The molecule has 0 bridgehead atoms. The molecule has 1 aromatic carbocycles. The predicted molar refractivity (Wildman–Crippen MR) is 72.9 cm³/mol. The van der Waals surface area contributed by atoms with Gasteiger partial charge >= 0.3 is 0 Å². The molecule has 0 aliphatic heterocycles. The zero-order valence-corrected chi connectivity index (χ0v) is 11.5. The van der Waals surface area contributed by atoms with E-state index in [1.807, 2.05) is 6.07 Å². The summed E-state index contributed by atoms with van der Waals surface area (Å²) in [4.78, 5) is 0. The zero-order chi connectivity index (χ0) is 13.8. The molecule has 18 heavy (non-hydrogen) atoms. The van der Waals surface area contributed by atoms with Gasteiger partial charge in [-0.1, -0.05) is 20.8 Å². The number of hydrogen-bond donors (Lipinski definition) is 1. The summed E-state index contributed by atoms with van der Waals surface area (Å²) in [7, 11) is 0. The number of halogens is 1. The van der Waals surface area contributed by atoms with E-state index in [1.54, 1.807) is 12.1 Å². The fourth-order valence-electron chi connectivity index (χ4n) is 1.71. The van der Waals surface area contributed by atoms with E-state index < -0.39 is 5.82 Å². The van der Waals surface area contributed by atoms with Crippen LogP contribution >= 0.6 is 0 Å². The molecule has 1 atom stereocenters. The molecule has 0 spiro atoms. The van der Waals surface area contributed by atoms with E-state index in [1.165, 1.54) is 6.07 Å². The van der Waals surface area contributed by atoms with Crippen molar-refractivity contribution in [2.24, 2.45) is 5.41 Å². The Hall–Kier alpha value is -1.56. The molecule has 3 heteroatoms. The molecule has 98 valence electrons. The van der Waals surface area contributed by atoms with Crippen molar-refractivity contribution in [3.63, 3.8) is 0 Å². The van der Waals surface area contributed by atoms with Crippen LogP contribution in [0.25, 0.3) is 0 Å². The number of hydrogen-bond acceptors (Lipinski definition) is 2. The highest BCUT2D eigenvalue weighted by Gasteiger charge is 2.12. The third kappa shape index (κ3) is 4.75. The first-order valence-electron chi connectivity index (χ1n) is 6.28. The molecule has 0 saturated carbocycles. The maximum absolute atomic E-state index is 13.2. The molecule has 0 radical (unpaired) electrons. The van der Waals surface area contributed by atoms with Crippen molar-refractivity contribution in [3.05, 3.63) is 29.6 Å². The van der Waals surface area contributed by atoms with Gasteiger partial charge in [-0.25, -0.2) is 4.39 Å². The molecule has 1 aromatic rings. The van der Waals surface area contributed by atoms with Crippen molar-refractivity contribution in [1.29, 1.82) is 5.26 Å². The molecule has 0 aromatic heterocycles. The van der Waals surface area contributed by atoms with Crippen LogP contribution < -0.4 is 5.32 Å². The Morgan fingerprint density at radius 1 is 1.39 bits per heavy atom. The Morgan fingerprint density at radius 2 is 2.06 bits per heavy atom. The summed E-state index contributed by atoms with van der Waals surface area (Å²) in [5, 5.41) is 12.1. The lowest BCUT2D eigenvalue weighted by Crippen LogP contribution is -2.18. The standard InChI is InChI=1S/C15H21FN2/c1-11(7-8-15(2,3)4)18-13-5-6-14(16)12(9-13)10-17/h5-6,9,11,18H,7-8H2,1-4H3. The van der Waals surface area contributed by atoms with Crippen molar-refractivity contribution in [3.8, 4) is 6.07 Å². The van der Waals surface area contributed by atoms with Gasteiger partial charge in [0.25, 0.3) is 0 Å². The van der Waals surface area contributed by atoms with Crippen LogP contribution in [0.3, 0.4) is 0 Å². The lowest BCUT2D eigenvalue weighted by molar-refractivity contribution is 0.357. The van der Waals surface area contributed by atoms with Crippen LogP contribution in [0, 0.1) is 22.6 Å². The van der Waals surface area contributed by atoms with Crippen LogP contribution in [0.2, 0.25) is 0 Å². The quantitative estimate of drug-likeness (QED) is 0.861. The summed E-state index contributed by atoms with van der Waals surface area (Å²) in [6, 6.07) is 6.72.